The van der Waals surface area contributed by atoms with Crippen LogP contribution in [0.4, 0.5) is 0 Å². The maximum absolute atomic E-state index is 10.2. The molecule has 0 aliphatic carbocycles. The molecule has 1 aliphatic rings. The number of hydrogen-bond donors (Lipinski definition) is 2. The lowest BCUT2D eigenvalue weighted by Crippen LogP contribution is -2.24. The molecule has 1 heterocycles. The largest absolute Gasteiger partial charge is 0.396 e. The maximum Gasteiger partial charge on any atom is 0.0816 e. The van der Waals surface area contributed by atoms with Gasteiger partial charge in [-0.25, -0.2) is 0 Å². The summed E-state index contributed by atoms with van der Waals surface area (Å²) in [5.41, 5.74) is 0.780. The van der Waals surface area contributed by atoms with Crippen LogP contribution in [0.15, 0.2) is 22.7 Å². The third-order valence-electron chi connectivity index (χ3n) is 3.67. The first-order valence-corrected chi connectivity index (χ1v) is 7.73. The van der Waals surface area contributed by atoms with Gasteiger partial charge in [0.15, 0.2) is 0 Å². The van der Waals surface area contributed by atoms with Crippen molar-refractivity contribution in [2.75, 3.05) is 26.2 Å². The number of benzene rings is 1. The number of aliphatic hydroxyl groups is 2. The van der Waals surface area contributed by atoms with Gasteiger partial charge in [-0.3, -0.25) is 0 Å². The molecule has 0 radical (unpaired) electrons. The lowest BCUT2D eigenvalue weighted by atomic mass is 10.1. The Hall–Kier alpha value is -0.130. The summed E-state index contributed by atoms with van der Waals surface area (Å²) in [7, 11) is 0. The van der Waals surface area contributed by atoms with Gasteiger partial charge in [-0.1, -0.05) is 33.6 Å². The Morgan fingerprint density at radius 3 is 2.89 bits per heavy atom. The Labute approximate surface area is 127 Å². The van der Waals surface area contributed by atoms with Gasteiger partial charge >= 0.3 is 0 Å². The molecule has 1 aromatic carbocycles. The highest BCUT2D eigenvalue weighted by atomic mass is 79.9. The molecule has 0 aromatic heterocycles. The summed E-state index contributed by atoms with van der Waals surface area (Å²) >= 11 is 9.48. The van der Waals surface area contributed by atoms with Crippen molar-refractivity contribution in [3.05, 3.63) is 33.3 Å². The molecule has 2 unspecified atom stereocenters. The zero-order chi connectivity index (χ0) is 13.8. The first-order valence-electron chi connectivity index (χ1n) is 6.56. The molecule has 1 fully saturated rings. The number of aliphatic hydroxyl groups excluding tert-OH is 2. The van der Waals surface area contributed by atoms with Crippen LogP contribution in [0.2, 0.25) is 5.02 Å². The number of nitrogens with zero attached hydrogens (tertiary/aromatic N) is 1. The number of halogens is 2. The van der Waals surface area contributed by atoms with Crippen molar-refractivity contribution in [1.29, 1.82) is 0 Å². The Balaban J connectivity index is 1.86. The van der Waals surface area contributed by atoms with Crippen LogP contribution in [-0.4, -0.2) is 41.4 Å². The van der Waals surface area contributed by atoms with Crippen molar-refractivity contribution < 1.29 is 10.2 Å². The van der Waals surface area contributed by atoms with Gasteiger partial charge in [0.2, 0.25) is 0 Å². The van der Waals surface area contributed by atoms with E-state index in [0.717, 1.165) is 36.1 Å². The second-order valence-corrected chi connectivity index (χ2v) is 6.43. The lowest BCUT2D eigenvalue weighted by molar-refractivity contribution is 0.146. The molecule has 2 N–H and O–H groups in total. The SMILES string of the molecule is OCC1CCN(CCC(O)c2ccc(Br)cc2Cl)C1. The van der Waals surface area contributed by atoms with E-state index in [1.165, 1.54) is 0 Å². The van der Waals surface area contributed by atoms with Crippen molar-refractivity contribution >= 4 is 27.5 Å². The molecule has 1 aliphatic heterocycles. The van der Waals surface area contributed by atoms with E-state index in [2.05, 4.69) is 20.8 Å². The van der Waals surface area contributed by atoms with E-state index in [1.54, 1.807) is 6.07 Å². The van der Waals surface area contributed by atoms with Gasteiger partial charge in [-0.2, -0.15) is 0 Å². The number of rotatable bonds is 5. The quantitative estimate of drug-likeness (QED) is 0.860. The first kappa shape index (κ1) is 15.3. The second kappa shape index (κ2) is 7.04. The average molecular weight is 349 g/mol. The van der Waals surface area contributed by atoms with Crippen LogP contribution in [0, 0.1) is 5.92 Å². The predicted octanol–water partition coefficient (Wildman–Crippen LogP) is 2.84. The molecule has 1 saturated heterocycles. The van der Waals surface area contributed by atoms with Crippen LogP contribution in [0.3, 0.4) is 0 Å². The molecule has 0 spiro atoms. The fourth-order valence-corrected chi connectivity index (χ4v) is 3.30. The molecule has 1 aromatic rings. The Bertz CT molecular complexity index is 430. The van der Waals surface area contributed by atoms with Gasteiger partial charge < -0.3 is 15.1 Å². The smallest absolute Gasteiger partial charge is 0.0816 e. The third-order valence-corrected chi connectivity index (χ3v) is 4.49. The van der Waals surface area contributed by atoms with Crippen molar-refractivity contribution in [1.82, 2.24) is 4.90 Å². The number of hydrogen-bond acceptors (Lipinski definition) is 3. The average Bonchev–Trinajstić information content (AvgIpc) is 2.84. The van der Waals surface area contributed by atoms with E-state index in [-0.39, 0.29) is 6.61 Å². The minimum Gasteiger partial charge on any atom is -0.396 e. The molecular weight excluding hydrogens is 330 g/mol. The summed E-state index contributed by atoms with van der Waals surface area (Å²) in [5, 5.41) is 19.9. The van der Waals surface area contributed by atoms with Crippen LogP contribution in [-0.2, 0) is 0 Å². The summed E-state index contributed by atoms with van der Waals surface area (Å²) in [4.78, 5) is 2.29. The Morgan fingerprint density at radius 2 is 2.26 bits per heavy atom. The van der Waals surface area contributed by atoms with Crippen molar-refractivity contribution in [2.45, 2.75) is 18.9 Å². The van der Waals surface area contributed by atoms with E-state index in [9.17, 15) is 5.11 Å². The zero-order valence-electron chi connectivity index (χ0n) is 10.7. The molecule has 5 heteroatoms. The normalized spacial score (nSPS) is 21.8. The minimum atomic E-state index is -0.534. The lowest BCUT2D eigenvalue weighted by Gasteiger charge is -2.19. The highest BCUT2D eigenvalue weighted by Crippen LogP contribution is 2.28. The minimum absolute atomic E-state index is 0.262. The van der Waals surface area contributed by atoms with Crippen LogP contribution >= 0.6 is 27.5 Å². The summed E-state index contributed by atoms with van der Waals surface area (Å²) in [6.45, 7) is 3.03. The summed E-state index contributed by atoms with van der Waals surface area (Å²) in [5.74, 6) is 0.397. The molecule has 3 nitrogen and oxygen atoms in total. The van der Waals surface area contributed by atoms with Crippen LogP contribution in [0.1, 0.15) is 24.5 Å². The van der Waals surface area contributed by atoms with E-state index in [0.29, 0.717) is 17.4 Å². The fourth-order valence-electron chi connectivity index (χ4n) is 2.50. The highest BCUT2D eigenvalue weighted by Gasteiger charge is 2.22. The van der Waals surface area contributed by atoms with E-state index in [1.807, 2.05) is 12.1 Å². The fraction of sp³-hybridized carbons (Fsp3) is 0.571. The monoisotopic (exact) mass is 347 g/mol. The van der Waals surface area contributed by atoms with Gasteiger partial charge in [-0.15, -0.1) is 0 Å². The van der Waals surface area contributed by atoms with Crippen molar-refractivity contribution in [2.24, 2.45) is 5.92 Å². The Kier molecular flexibility index (Phi) is 5.66. The van der Waals surface area contributed by atoms with E-state index in [4.69, 9.17) is 16.7 Å². The molecular formula is C14H19BrClNO2. The van der Waals surface area contributed by atoms with Crippen LogP contribution < -0.4 is 0 Å². The first-order chi connectivity index (χ1) is 9.10. The molecule has 2 rings (SSSR count). The van der Waals surface area contributed by atoms with Gasteiger partial charge in [0, 0.05) is 29.2 Å². The van der Waals surface area contributed by atoms with Gasteiger partial charge in [0.25, 0.3) is 0 Å². The van der Waals surface area contributed by atoms with E-state index >= 15 is 0 Å². The van der Waals surface area contributed by atoms with Crippen molar-refractivity contribution in [3.63, 3.8) is 0 Å². The second-order valence-electron chi connectivity index (χ2n) is 5.11. The van der Waals surface area contributed by atoms with Crippen LogP contribution in [0.25, 0.3) is 0 Å². The predicted molar refractivity (Wildman–Crippen MR) is 80.4 cm³/mol. The van der Waals surface area contributed by atoms with Gasteiger partial charge in [-0.05, 0) is 43.0 Å². The number of likely N-dealkylation sites (tertiary alicyclic amines) is 1. The molecule has 0 bridgehead atoms. The molecule has 0 amide bonds. The highest BCUT2D eigenvalue weighted by molar-refractivity contribution is 9.10. The van der Waals surface area contributed by atoms with Gasteiger partial charge in [0.05, 0.1) is 6.10 Å². The topological polar surface area (TPSA) is 43.7 Å². The molecule has 106 valence electrons. The zero-order valence-corrected chi connectivity index (χ0v) is 13.1. The van der Waals surface area contributed by atoms with E-state index < -0.39 is 6.10 Å². The standard InChI is InChI=1S/C14H19BrClNO2/c15-11-1-2-12(13(16)7-11)14(19)4-6-17-5-3-10(8-17)9-18/h1-2,7,10,14,18-19H,3-6,8-9H2. The molecule has 19 heavy (non-hydrogen) atoms. The van der Waals surface area contributed by atoms with Crippen LogP contribution in [0.5, 0.6) is 0 Å². The maximum atomic E-state index is 10.2. The summed E-state index contributed by atoms with van der Waals surface area (Å²) in [6, 6.07) is 5.55. The summed E-state index contributed by atoms with van der Waals surface area (Å²) in [6.07, 6.45) is 1.18. The molecule has 0 saturated carbocycles. The third kappa shape index (κ3) is 4.17. The summed E-state index contributed by atoms with van der Waals surface area (Å²) < 4.78 is 0.916. The van der Waals surface area contributed by atoms with Crippen molar-refractivity contribution in [3.8, 4) is 0 Å². The van der Waals surface area contributed by atoms with Gasteiger partial charge in [0.1, 0.15) is 0 Å². The molecule has 2 atom stereocenters. The Morgan fingerprint density at radius 1 is 1.47 bits per heavy atom.